The van der Waals surface area contributed by atoms with Gasteiger partial charge in [-0.05, 0) is 39.0 Å². The van der Waals surface area contributed by atoms with Crippen LogP contribution in [0.1, 0.15) is 64.5 Å². The molecule has 26 heavy (non-hydrogen) atoms. The normalized spacial score (nSPS) is 19.2. The van der Waals surface area contributed by atoms with Crippen molar-refractivity contribution in [2.75, 3.05) is 13.2 Å². The van der Waals surface area contributed by atoms with Crippen LogP contribution in [0.15, 0.2) is 4.99 Å². The van der Waals surface area contributed by atoms with E-state index >= 15 is 0 Å². The Bertz CT molecular complexity index is 562. The summed E-state index contributed by atoms with van der Waals surface area (Å²) >= 11 is 0. The van der Waals surface area contributed by atoms with Crippen LogP contribution in [0.25, 0.3) is 0 Å². The van der Waals surface area contributed by atoms with Crippen LogP contribution < -0.4 is 10.6 Å². The number of nitrogens with zero attached hydrogens (tertiary/aromatic N) is 4. The summed E-state index contributed by atoms with van der Waals surface area (Å²) in [5, 5.41) is 15.3. The fourth-order valence-electron chi connectivity index (χ4n) is 3.04. The molecule has 7 nitrogen and oxygen atoms in total. The summed E-state index contributed by atoms with van der Waals surface area (Å²) in [6.07, 6.45) is 6.19. The topological polar surface area (TPSA) is 76.4 Å². The Kier molecular flexibility index (Phi) is 8.35. The van der Waals surface area contributed by atoms with Crippen LogP contribution >= 0.6 is 0 Å². The minimum atomic E-state index is 0.287. The predicted molar refractivity (Wildman–Crippen MR) is 105 cm³/mol. The van der Waals surface area contributed by atoms with Gasteiger partial charge in [-0.1, -0.05) is 26.7 Å². The van der Waals surface area contributed by atoms with Crippen LogP contribution in [0.5, 0.6) is 0 Å². The molecule has 7 heteroatoms. The number of ether oxygens (including phenoxy) is 1. The fourth-order valence-corrected chi connectivity index (χ4v) is 3.04. The lowest BCUT2D eigenvalue weighted by Crippen LogP contribution is -2.44. The van der Waals surface area contributed by atoms with Crippen LogP contribution in [-0.4, -0.2) is 46.0 Å². The van der Waals surface area contributed by atoms with Crippen molar-refractivity contribution in [1.82, 2.24) is 25.4 Å². The zero-order valence-corrected chi connectivity index (χ0v) is 17.1. The van der Waals surface area contributed by atoms with E-state index in [-0.39, 0.29) is 6.10 Å². The van der Waals surface area contributed by atoms with Gasteiger partial charge in [0.1, 0.15) is 12.4 Å². The molecule has 1 aromatic heterocycles. The molecule has 0 radical (unpaired) electrons. The number of aryl methyl sites for hydroxylation is 1. The smallest absolute Gasteiger partial charge is 0.192 e. The highest BCUT2D eigenvalue weighted by Gasteiger charge is 2.16. The zero-order chi connectivity index (χ0) is 18.9. The highest BCUT2D eigenvalue weighted by Crippen LogP contribution is 2.11. The number of hydrogen-bond donors (Lipinski definition) is 2. The number of nitrogens with one attached hydrogen (secondary N) is 2. The lowest BCUT2D eigenvalue weighted by Gasteiger charge is -2.20. The Hall–Kier alpha value is -1.63. The third kappa shape index (κ3) is 6.94. The van der Waals surface area contributed by atoms with Crippen LogP contribution in [0.2, 0.25) is 0 Å². The maximum Gasteiger partial charge on any atom is 0.192 e. The van der Waals surface area contributed by atoms with E-state index < -0.39 is 0 Å². The molecule has 1 aromatic rings. The molecule has 0 bridgehead atoms. The molecule has 0 aliphatic carbocycles. The average molecular weight is 365 g/mol. The summed E-state index contributed by atoms with van der Waals surface area (Å²) in [4.78, 5) is 4.73. The van der Waals surface area contributed by atoms with Gasteiger partial charge in [0.25, 0.3) is 0 Å². The van der Waals surface area contributed by atoms with Crippen molar-refractivity contribution in [3.05, 3.63) is 11.6 Å². The second-order valence-electron chi connectivity index (χ2n) is 7.77. The van der Waals surface area contributed by atoms with Gasteiger partial charge in [-0.25, -0.2) is 4.99 Å². The van der Waals surface area contributed by atoms with Crippen molar-refractivity contribution in [3.63, 3.8) is 0 Å². The van der Waals surface area contributed by atoms with E-state index in [2.05, 4.69) is 41.6 Å². The summed E-state index contributed by atoms with van der Waals surface area (Å²) in [6, 6.07) is 0.380. The number of hydrogen-bond acceptors (Lipinski definition) is 4. The second-order valence-corrected chi connectivity index (χ2v) is 7.77. The molecule has 0 spiro atoms. The summed E-state index contributed by atoms with van der Waals surface area (Å²) in [5.41, 5.74) is 0. The number of aromatic nitrogens is 3. The van der Waals surface area contributed by atoms with Crippen molar-refractivity contribution in [2.45, 2.75) is 78.5 Å². The highest BCUT2D eigenvalue weighted by molar-refractivity contribution is 5.80. The van der Waals surface area contributed by atoms with Crippen molar-refractivity contribution < 1.29 is 4.74 Å². The summed E-state index contributed by atoms with van der Waals surface area (Å²) in [5.74, 6) is 3.36. The maximum absolute atomic E-state index is 5.71. The third-order valence-electron chi connectivity index (χ3n) is 4.88. The van der Waals surface area contributed by atoms with Crippen LogP contribution in [0.3, 0.4) is 0 Å². The van der Waals surface area contributed by atoms with E-state index in [1.165, 1.54) is 12.8 Å². The number of guanidine groups is 1. The molecule has 148 valence electrons. The first kappa shape index (κ1) is 20.7. The molecular formula is C19H36N6O. The van der Waals surface area contributed by atoms with Crippen molar-refractivity contribution >= 4 is 5.96 Å². The predicted octanol–water partition coefficient (Wildman–Crippen LogP) is 2.55. The lowest BCUT2D eigenvalue weighted by molar-refractivity contribution is 0.113. The minimum absolute atomic E-state index is 0.287. The molecule has 1 fully saturated rings. The molecule has 0 amide bonds. The first-order valence-corrected chi connectivity index (χ1v) is 9.97. The van der Waals surface area contributed by atoms with Crippen molar-refractivity contribution in [3.8, 4) is 0 Å². The lowest BCUT2D eigenvalue weighted by atomic mass is 10.0. The average Bonchev–Trinajstić information content (AvgIpc) is 3.21. The number of rotatable bonds is 9. The van der Waals surface area contributed by atoms with Gasteiger partial charge in [-0.2, -0.15) is 0 Å². The van der Waals surface area contributed by atoms with Gasteiger partial charge in [0.05, 0.1) is 6.10 Å². The van der Waals surface area contributed by atoms with E-state index in [9.17, 15) is 0 Å². The van der Waals surface area contributed by atoms with Gasteiger partial charge in [-0.3, -0.25) is 0 Å². The molecule has 2 heterocycles. The van der Waals surface area contributed by atoms with E-state index in [1.54, 1.807) is 0 Å². The van der Waals surface area contributed by atoms with E-state index in [0.717, 1.165) is 55.9 Å². The Morgan fingerprint density at radius 2 is 2.12 bits per heavy atom. The van der Waals surface area contributed by atoms with Crippen LogP contribution in [0.4, 0.5) is 0 Å². The third-order valence-corrected chi connectivity index (χ3v) is 4.88. The van der Waals surface area contributed by atoms with Gasteiger partial charge >= 0.3 is 0 Å². The SMILES string of the molecule is Cc1nnc(CN=C(NCC2CCCO2)NC(C)CCCC(C)C)n1C. The van der Waals surface area contributed by atoms with Crippen molar-refractivity contribution in [1.29, 1.82) is 0 Å². The Morgan fingerprint density at radius 3 is 2.73 bits per heavy atom. The fraction of sp³-hybridized carbons (Fsp3) is 0.842. The Labute approximate surface area is 158 Å². The van der Waals surface area contributed by atoms with Crippen LogP contribution in [0, 0.1) is 12.8 Å². The molecule has 2 unspecified atom stereocenters. The molecule has 1 saturated heterocycles. The molecule has 2 N–H and O–H groups in total. The molecular weight excluding hydrogens is 328 g/mol. The molecule has 1 aliphatic heterocycles. The van der Waals surface area contributed by atoms with Crippen molar-refractivity contribution in [2.24, 2.45) is 18.0 Å². The molecule has 0 saturated carbocycles. The van der Waals surface area contributed by atoms with E-state index in [1.807, 2.05) is 18.5 Å². The monoisotopic (exact) mass is 364 g/mol. The first-order valence-electron chi connectivity index (χ1n) is 9.97. The van der Waals surface area contributed by atoms with Gasteiger partial charge in [0, 0.05) is 26.2 Å². The summed E-state index contributed by atoms with van der Waals surface area (Å²) < 4.78 is 7.69. The van der Waals surface area contributed by atoms with E-state index in [0.29, 0.717) is 12.6 Å². The second kappa shape index (κ2) is 10.5. The van der Waals surface area contributed by atoms with Gasteiger partial charge in [0.2, 0.25) is 0 Å². The summed E-state index contributed by atoms with van der Waals surface area (Å²) in [6.45, 7) is 10.9. The molecule has 2 rings (SSSR count). The Morgan fingerprint density at radius 1 is 1.31 bits per heavy atom. The van der Waals surface area contributed by atoms with Gasteiger partial charge < -0.3 is 19.9 Å². The molecule has 2 atom stereocenters. The Balaban J connectivity index is 1.90. The zero-order valence-electron chi connectivity index (χ0n) is 17.1. The number of aliphatic imine (C=N–C) groups is 1. The van der Waals surface area contributed by atoms with Crippen LogP contribution in [-0.2, 0) is 18.3 Å². The van der Waals surface area contributed by atoms with Gasteiger partial charge in [0.15, 0.2) is 11.8 Å². The van der Waals surface area contributed by atoms with Gasteiger partial charge in [-0.15, -0.1) is 10.2 Å². The largest absolute Gasteiger partial charge is 0.376 e. The highest BCUT2D eigenvalue weighted by atomic mass is 16.5. The minimum Gasteiger partial charge on any atom is -0.376 e. The standard InChI is InChI=1S/C19H36N6O/c1-14(2)8-6-9-15(3)22-19(20-12-17-10-7-11-26-17)21-13-18-24-23-16(4)25(18)5/h14-15,17H,6-13H2,1-5H3,(H2,20,21,22). The molecule has 0 aromatic carbocycles. The molecule has 1 aliphatic rings. The first-order chi connectivity index (χ1) is 12.5. The maximum atomic E-state index is 5.71. The summed E-state index contributed by atoms with van der Waals surface area (Å²) in [7, 11) is 1.97. The van der Waals surface area contributed by atoms with E-state index in [4.69, 9.17) is 9.73 Å². The quantitative estimate of drug-likeness (QED) is 0.520.